The fourth-order valence-corrected chi connectivity index (χ4v) is 5.32. The Kier molecular flexibility index (Phi) is 8.71. The molecule has 0 aromatic heterocycles. The van der Waals surface area contributed by atoms with Crippen LogP contribution >= 0.6 is 31.9 Å². The van der Waals surface area contributed by atoms with Crippen molar-refractivity contribution in [1.82, 2.24) is 0 Å². The SMILES string of the molecule is C#C/C(=C\C=C(\Br)CCC[C@]1(C)c2c(OC)ccc(Br)c2CC1CCC)OC. The van der Waals surface area contributed by atoms with Crippen LogP contribution in [0.15, 0.2) is 39.0 Å². The smallest absolute Gasteiger partial charge is 0.169 e. The molecule has 0 bridgehead atoms. The van der Waals surface area contributed by atoms with Gasteiger partial charge in [0.2, 0.25) is 0 Å². The summed E-state index contributed by atoms with van der Waals surface area (Å²) in [5.41, 5.74) is 2.95. The van der Waals surface area contributed by atoms with Crippen molar-refractivity contribution in [3.05, 3.63) is 50.1 Å². The van der Waals surface area contributed by atoms with E-state index in [1.54, 1.807) is 14.2 Å². The van der Waals surface area contributed by atoms with Crippen molar-refractivity contribution in [3.8, 4) is 18.1 Å². The van der Waals surface area contributed by atoms with E-state index in [0.717, 1.165) is 35.9 Å². The number of allylic oxidation sites excluding steroid dienone is 4. The quantitative estimate of drug-likeness (QED) is 0.197. The maximum absolute atomic E-state index is 5.77. The lowest BCUT2D eigenvalue weighted by atomic mass is 9.71. The topological polar surface area (TPSA) is 18.5 Å². The zero-order chi connectivity index (χ0) is 20.7. The Morgan fingerprint density at radius 2 is 2.11 bits per heavy atom. The fraction of sp³-hybridized carbons (Fsp3) is 0.500. The van der Waals surface area contributed by atoms with Gasteiger partial charge in [-0.3, -0.25) is 0 Å². The second kappa shape index (κ2) is 10.6. The third-order valence-corrected chi connectivity index (χ3v) is 7.29. The maximum Gasteiger partial charge on any atom is 0.169 e. The van der Waals surface area contributed by atoms with Crippen molar-refractivity contribution in [2.75, 3.05) is 14.2 Å². The maximum atomic E-state index is 5.77. The first-order valence-corrected chi connectivity index (χ1v) is 11.4. The lowest BCUT2D eigenvalue weighted by Gasteiger charge is -2.34. The summed E-state index contributed by atoms with van der Waals surface area (Å²) in [4.78, 5) is 0. The van der Waals surface area contributed by atoms with Crippen molar-refractivity contribution >= 4 is 31.9 Å². The van der Waals surface area contributed by atoms with Gasteiger partial charge in [0, 0.05) is 10.0 Å². The molecule has 1 aromatic rings. The summed E-state index contributed by atoms with van der Waals surface area (Å²) < 4.78 is 13.2. The second-order valence-electron chi connectivity index (χ2n) is 7.56. The highest BCUT2D eigenvalue weighted by Crippen LogP contribution is 2.53. The van der Waals surface area contributed by atoms with Gasteiger partial charge in [-0.1, -0.05) is 52.1 Å². The van der Waals surface area contributed by atoms with E-state index in [0.29, 0.717) is 11.7 Å². The van der Waals surface area contributed by atoms with Crippen molar-refractivity contribution in [2.24, 2.45) is 5.92 Å². The number of rotatable bonds is 9. The number of halogens is 2. The number of fused-ring (bicyclic) bond motifs is 1. The molecule has 0 N–H and O–H groups in total. The summed E-state index contributed by atoms with van der Waals surface area (Å²) in [6.45, 7) is 4.70. The van der Waals surface area contributed by atoms with Crippen LogP contribution in [0.5, 0.6) is 5.75 Å². The number of benzene rings is 1. The Morgan fingerprint density at radius 3 is 2.71 bits per heavy atom. The van der Waals surface area contributed by atoms with E-state index in [2.05, 4.69) is 63.8 Å². The van der Waals surface area contributed by atoms with Gasteiger partial charge in [-0.2, -0.15) is 0 Å². The molecule has 0 saturated carbocycles. The minimum Gasteiger partial charge on any atom is -0.496 e. The van der Waals surface area contributed by atoms with Gasteiger partial charge in [-0.25, -0.2) is 0 Å². The van der Waals surface area contributed by atoms with Crippen LogP contribution in [-0.4, -0.2) is 14.2 Å². The van der Waals surface area contributed by atoms with E-state index in [-0.39, 0.29) is 5.41 Å². The second-order valence-corrected chi connectivity index (χ2v) is 9.43. The molecule has 0 heterocycles. The van der Waals surface area contributed by atoms with Crippen molar-refractivity contribution in [1.29, 1.82) is 0 Å². The zero-order valence-electron chi connectivity index (χ0n) is 17.3. The molecule has 0 fully saturated rings. The standard InChI is InChI=1S/C24H30Br2O2/c1-6-9-17-16-20-21(26)13-14-22(28-5)23(20)24(17,3)15-8-10-18(25)11-12-19(7-2)27-4/h2,11-14,17H,6,8-10,15-16H2,1,3-5H3/b18-11+,19-12+/t17?,24-/m0/s1. The van der Waals surface area contributed by atoms with E-state index in [1.807, 2.05) is 12.2 Å². The summed E-state index contributed by atoms with van der Waals surface area (Å²) in [5.74, 6) is 4.72. The Morgan fingerprint density at radius 1 is 1.36 bits per heavy atom. The number of methoxy groups -OCH3 is 2. The van der Waals surface area contributed by atoms with Crippen LogP contribution in [0, 0.1) is 18.3 Å². The zero-order valence-corrected chi connectivity index (χ0v) is 20.5. The Labute approximate surface area is 187 Å². The van der Waals surface area contributed by atoms with Crippen molar-refractivity contribution < 1.29 is 9.47 Å². The van der Waals surface area contributed by atoms with Gasteiger partial charge in [0.25, 0.3) is 0 Å². The van der Waals surface area contributed by atoms with Crippen LogP contribution in [0.3, 0.4) is 0 Å². The Balaban J connectivity index is 2.21. The lowest BCUT2D eigenvalue weighted by Crippen LogP contribution is -2.28. The molecular weight excluding hydrogens is 480 g/mol. The largest absolute Gasteiger partial charge is 0.496 e. The predicted octanol–water partition coefficient (Wildman–Crippen LogP) is 7.30. The van der Waals surface area contributed by atoms with Gasteiger partial charge in [0.15, 0.2) is 5.76 Å². The first-order valence-electron chi connectivity index (χ1n) is 9.84. The summed E-state index contributed by atoms with van der Waals surface area (Å²) in [6.07, 6.45) is 16.0. The van der Waals surface area contributed by atoms with E-state index >= 15 is 0 Å². The highest BCUT2D eigenvalue weighted by Gasteiger charge is 2.44. The normalized spacial score (nSPS) is 22.0. The molecular formula is C24H30Br2O2. The molecule has 1 aromatic carbocycles. The molecule has 1 aliphatic rings. The average Bonchev–Trinajstić information content (AvgIpc) is 2.97. The number of ether oxygens (including phenoxy) is 2. The van der Waals surface area contributed by atoms with Gasteiger partial charge in [-0.15, -0.1) is 6.42 Å². The summed E-state index contributed by atoms with van der Waals surface area (Å²) >= 11 is 7.44. The van der Waals surface area contributed by atoms with Gasteiger partial charge < -0.3 is 9.47 Å². The highest BCUT2D eigenvalue weighted by molar-refractivity contribution is 9.11. The first kappa shape index (κ1) is 23.1. The molecule has 1 aliphatic carbocycles. The third-order valence-electron chi connectivity index (χ3n) is 5.89. The minimum atomic E-state index is 0.125. The van der Waals surface area contributed by atoms with Crippen molar-refractivity contribution in [3.63, 3.8) is 0 Å². The molecule has 2 rings (SSSR count). The molecule has 0 saturated heterocycles. The molecule has 0 aliphatic heterocycles. The lowest BCUT2D eigenvalue weighted by molar-refractivity contribution is 0.267. The summed E-state index contributed by atoms with van der Waals surface area (Å²) in [5, 5.41) is 0. The minimum absolute atomic E-state index is 0.125. The van der Waals surface area contributed by atoms with E-state index < -0.39 is 0 Å². The molecule has 0 spiro atoms. The molecule has 1 unspecified atom stereocenters. The van der Waals surface area contributed by atoms with E-state index in [4.69, 9.17) is 15.9 Å². The molecule has 0 amide bonds. The van der Waals surface area contributed by atoms with Crippen LogP contribution in [0.25, 0.3) is 0 Å². The van der Waals surface area contributed by atoms with Crippen LogP contribution in [0.4, 0.5) is 0 Å². The predicted molar refractivity (Wildman–Crippen MR) is 125 cm³/mol. The highest BCUT2D eigenvalue weighted by atomic mass is 79.9. The van der Waals surface area contributed by atoms with Gasteiger partial charge in [0.05, 0.1) is 14.2 Å². The molecule has 152 valence electrons. The molecule has 28 heavy (non-hydrogen) atoms. The third kappa shape index (κ3) is 5.05. The Hall–Kier alpha value is -1.18. The average molecular weight is 510 g/mol. The van der Waals surface area contributed by atoms with Gasteiger partial charge >= 0.3 is 0 Å². The van der Waals surface area contributed by atoms with E-state index in [9.17, 15) is 0 Å². The van der Waals surface area contributed by atoms with Gasteiger partial charge in [-0.05, 0) is 83.7 Å². The van der Waals surface area contributed by atoms with Gasteiger partial charge in [0.1, 0.15) is 5.75 Å². The number of hydrogen-bond donors (Lipinski definition) is 0. The monoisotopic (exact) mass is 508 g/mol. The van der Waals surface area contributed by atoms with Crippen LogP contribution < -0.4 is 4.74 Å². The summed E-state index contributed by atoms with van der Waals surface area (Å²) in [6, 6.07) is 4.22. The molecule has 0 radical (unpaired) electrons. The van der Waals surface area contributed by atoms with Crippen LogP contribution in [-0.2, 0) is 16.6 Å². The molecule has 2 nitrogen and oxygen atoms in total. The fourth-order valence-electron chi connectivity index (χ4n) is 4.42. The first-order chi connectivity index (χ1) is 13.4. The molecule has 2 atom stereocenters. The van der Waals surface area contributed by atoms with Crippen molar-refractivity contribution in [2.45, 2.75) is 57.8 Å². The molecule has 4 heteroatoms. The van der Waals surface area contributed by atoms with Crippen LogP contribution in [0.2, 0.25) is 0 Å². The van der Waals surface area contributed by atoms with E-state index in [1.165, 1.54) is 28.4 Å². The number of hydrogen-bond acceptors (Lipinski definition) is 2. The van der Waals surface area contributed by atoms with Crippen LogP contribution in [0.1, 0.15) is 57.1 Å². The number of terminal acetylenes is 1. The summed E-state index contributed by atoms with van der Waals surface area (Å²) in [7, 11) is 3.37. The Bertz CT molecular complexity index is 789.